The molecule has 1 rings (SSSR count). The Morgan fingerprint density at radius 3 is 2.63 bits per heavy atom. The highest BCUT2D eigenvalue weighted by atomic mass is 16.5. The number of benzene rings is 1. The van der Waals surface area contributed by atoms with E-state index in [-0.39, 0.29) is 6.03 Å². The Morgan fingerprint density at radius 1 is 1.32 bits per heavy atom. The average molecular weight is 264 g/mol. The van der Waals surface area contributed by atoms with E-state index in [2.05, 4.69) is 36.6 Å². The maximum absolute atomic E-state index is 11.5. The summed E-state index contributed by atoms with van der Waals surface area (Å²) >= 11 is 0. The monoisotopic (exact) mass is 264 g/mol. The van der Waals surface area contributed by atoms with Crippen LogP contribution in [-0.4, -0.2) is 19.7 Å². The molecule has 0 aliphatic rings. The first-order valence-corrected chi connectivity index (χ1v) is 6.77. The third-order valence-corrected chi connectivity index (χ3v) is 2.95. The lowest BCUT2D eigenvalue weighted by Crippen LogP contribution is -2.35. The first-order chi connectivity index (χ1) is 9.08. The molecule has 0 atom stereocenters. The summed E-state index contributed by atoms with van der Waals surface area (Å²) in [6.45, 7) is 7.48. The Balaban J connectivity index is 2.69. The van der Waals surface area contributed by atoms with Crippen LogP contribution < -0.4 is 15.4 Å². The topological polar surface area (TPSA) is 50.4 Å². The quantitative estimate of drug-likeness (QED) is 0.829. The number of hydrogen-bond acceptors (Lipinski definition) is 2. The lowest BCUT2D eigenvalue weighted by Gasteiger charge is -2.13. The van der Waals surface area contributed by atoms with Crippen LogP contribution >= 0.6 is 0 Å². The van der Waals surface area contributed by atoms with Gasteiger partial charge in [-0.2, -0.15) is 0 Å². The van der Waals surface area contributed by atoms with Crippen molar-refractivity contribution in [2.75, 3.05) is 13.7 Å². The van der Waals surface area contributed by atoms with Crippen LogP contribution in [0.25, 0.3) is 0 Å². The summed E-state index contributed by atoms with van der Waals surface area (Å²) < 4.78 is 5.32. The second-order valence-corrected chi connectivity index (χ2v) is 4.84. The van der Waals surface area contributed by atoms with Gasteiger partial charge in [0.25, 0.3) is 0 Å². The van der Waals surface area contributed by atoms with Crippen molar-refractivity contribution in [3.8, 4) is 5.75 Å². The highest BCUT2D eigenvalue weighted by molar-refractivity contribution is 5.73. The number of methoxy groups -OCH3 is 1. The summed E-state index contributed by atoms with van der Waals surface area (Å²) in [6.07, 6.45) is 0.930. The standard InChI is InChI=1S/C15H24N2O2/c1-5-8-16-15(18)17-10-13-9-12(11(2)3)6-7-14(13)19-4/h6-7,9,11H,5,8,10H2,1-4H3,(H2,16,17,18). The molecule has 0 radical (unpaired) electrons. The smallest absolute Gasteiger partial charge is 0.315 e. The molecule has 2 N–H and O–H groups in total. The number of rotatable bonds is 6. The van der Waals surface area contributed by atoms with Gasteiger partial charge in [0, 0.05) is 18.7 Å². The maximum atomic E-state index is 11.5. The third kappa shape index (κ3) is 4.81. The first kappa shape index (κ1) is 15.3. The van der Waals surface area contributed by atoms with E-state index in [0.29, 0.717) is 19.0 Å². The molecule has 19 heavy (non-hydrogen) atoms. The van der Waals surface area contributed by atoms with Crippen LogP contribution in [-0.2, 0) is 6.54 Å². The Labute approximate surface area is 115 Å². The van der Waals surface area contributed by atoms with Gasteiger partial charge in [-0.1, -0.05) is 32.9 Å². The molecular formula is C15H24N2O2. The van der Waals surface area contributed by atoms with Crippen molar-refractivity contribution in [1.82, 2.24) is 10.6 Å². The van der Waals surface area contributed by atoms with Crippen molar-refractivity contribution in [3.63, 3.8) is 0 Å². The molecule has 0 aliphatic carbocycles. The van der Waals surface area contributed by atoms with Gasteiger partial charge in [-0.15, -0.1) is 0 Å². The molecule has 0 fully saturated rings. The number of carbonyl (C=O) groups excluding carboxylic acids is 1. The largest absolute Gasteiger partial charge is 0.496 e. The molecule has 0 unspecified atom stereocenters. The number of carbonyl (C=O) groups is 1. The first-order valence-electron chi connectivity index (χ1n) is 6.77. The average Bonchev–Trinajstić information content (AvgIpc) is 2.42. The minimum Gasteiger partial charge on any atom is -0.496 e. The minimum absolute atomic E-state index is 0.140. The third-order valence-electron chi connectivity index (χ3n) is 2.95. The molecule has 0 heterocycles. The summed E-state index contributed by atoms with van der Waals surface area (Å²) in [5.41, 5.74) is 2.24. The van der Waals surface area contributed by atoms with Crippen molar-refractivity contribution in [2.24, 2.45) is 0 Å². The van der Waals surface area contributed by atoms with E-state index >= 15 is 0 Å². The fourth-order valence-electron chi connectivity index (χ4n) is 1.77. The molecular weight excluding hydrogens is 240 g/mol. The van der Waals surface area contributed by atoms with Crippen LogP contribution in [0.1, 0.15) is 44.2 Å². The Hall–Kier alpha value is -1.71. The van der Waals surface area contributed by atoms with Crippen LogP contribution in [0.2, 0.25) is 0 Å². The molecule has 0 bridgehead atoms. The van der Waals surface area contributed by atoms with Gasteiger partial charge in [0.2, 0.25) is 0 Å². The van der Waals surface area contributed by atoms with Gasteiger partial charge in [-0.25, -0.2) is 4.79 Å². The molecule has 2 amide bonds. The van der Waals surface area contributed by atoms with E-state index in [4.69, 9.17) is 4.74 Å². The zero-order valence-corrected chi connectivity index (χ0v) is 12.2. The molecule has 0 saturated heterocycles. The van der Waals surface area contributed by atoms with Gasteiger partial charge in [-0.05, 0) is 24.0 Å². The van der Waals surface area contributed by atoms with Gasteiger partial charge in [0.15, 0.2) is 0 Å². The van der Waals surface area contributed by atoms with Crippen LogP contribution in [0.4, 0.5) is 4.79 Å². The fraction of sp³-hybridized carbons (Fsp3) is 0.533. The fourth-order valence-corrected chi connectivity index (χ4v) is 1.77. The van der Waals surface area contributed by atoms with Crippen molar-refractivity contribution < 1.29 is 9.53 Å². The Morgan fingerprint density at radius 2 is 2.05 bits per heavy atom. The number of ether oxygens (including phenoxy) is 1. The molecule has 0 aromatic heterocycles. The van der Waals surface area contributed by atoms with Crippen molar-refractivity contribution in [3.05, 3.63) is 29.3 Å². The molecule has 1 aromatic carbocycles. The highest BCUT2D eigenvalue weighted by Gasteiger charge is 2.08. The van der Waals surface area contributed by atoms with Crippen LogP contribution in [0, 0.1) is 0 Å². The van der Waals surface area contributed by atoms with E-state index in [9.17, 15) is 4.79 Å². The second-order valence-electron chi connectivity index (χ2n) is 4.84. The zero-order valence-electron chi connectivity index (χ0n) is 12.2. The number of nitrogens with one attached hydrogen (secondary N) is 2. The van der Waals surface area contributed by atoms with E-state index in [1.165, 1.54) is 5.56 Å². The summed E-state index contributed by atoms with van der Waals surface area (Å²) in [5, 5.41) is 5.63. The summed E-state index contributed by atoms with van der Waals surface area (Å²) in [4.78, 5) is 11.5. The van der Waals surface area contributed by atoms with Crippen molar-refractivity contribution in [2.45, 2.75) is 39.7 Å². The predicted octanol–water partition coefficient (Wildman–Crippen LogP) is 3.03. The lowest BCUT2D eigenvalue weighted by atomic mass is 10.0. The van der Waals surface area contributed by atoms with Crippen LogP contribution in [0.3, 0.4) is 0 Å². The number of urea groups is 1. The van der Waals surface area contributed by atoms with Crippen LogP contribution in [0.5, 0.6) is 5.75 Å². The molecule has 4 nitrogen and oxygen atoms in total. The van der Waals surface area contributed by atoms with Gasteiger partial charge >= 0.3 is 6.03 Å². The van der Waals surface area contributed by atoms with E-state index in [1.807, 2.05) is 13.0 Å². The van der Waals surface area contributed by atoms with E-state index in [0.717, 1.165) is 17.7 Å². The zero-order chi connectivity index (χ0) is 14.3. The van der Waals surface area contributed by atoms with Crippen molar-refractivity contribution >= 4 is 6.03 Å². The van der Waals surface area contributed by atoms with E-state index < -0.39 is 0 Å². The second kappa shape index (κ2) is 7.67. The van der Waals surface area contributed by atoms with Crippen molar-refractivity contribution in [1.29, 1.82) is 0 Å². The summed E-state index contributed by atoms with van der Waals surface area (Å²) in [5.74, 6) is 1.26. The van der Waals surface area contributed by atoms with Crippen LogP contribution in [0.15, 0.2) is 18.2 Å². The number of amides is 2. The predicted molar refractivity (Wildman–Crippen MR) is 77.6 cm³/mol. The Bertz CT molecular complexity index is 417. The minimum atomic E-state index is -0.140. The van der Waals surface area contributed by atoms with E-state index in [1.54, 1.807) is 7.11 Å². The molecule has 0 saturated carbocycles. The molecule has 4 heteroatoms. The van der Waals surface area contributed by atoms with Gasteiger partial charge < -0.3 is 15.4 Å². The molecule has 1 aromatic rings. The van der Waals surface area contributed by atoms with Gasteiger partial charge in [0.05, 0.1) is 7.11 Å². The SMILES string of the molecule is CCCNC(=O)NCc1cc(C(C)C)ccc1OC. The van der Waals surface area contributed by atoms with Gasteiger partial charge in [0.1, 0.15) is 5.75 Å². The highest BCUT2D eigenvalue weighted by Crippen LogP contribution is 2.23. The Kier molecular flexibility index (Phi) is 6.19. The lowest BCUT2D eigenvalue weighted by molar-refractivity contribution is 0.240. The molecule has 0 aliphatic heterocycles. The normalized spacial score (nSPS) is 10.4. The molecule has 106 valence electrons. The summed E-state index contributed by atoms with van der Waals surface area (Å²) in [6, 6.07) is 5.96. The molecule has 0 spiro atoms. The summed E-state index contributed by atoms with van der Waals surface area (Å²) in [7, 11) is 1.64. The number of hydrogen-bond donors (Lipinski definition) is 2. The van der Waals surface area contributed by atoms with Gasteiger partial charge in [-0.3, -0.25) is 0 Å². The maximum Gasteiger partial charge on any atom is 0.315 e.